The predicted molar refractivity (Wildman–Crippen MR) is 66.7 cm³/mol. The van der Waals surface area contributed by atoms with Crippen molar-refractivity contribution in [1.29, 1.82) is 0 Å². The van der Waals surface area contributed by atoms with Crippen LogP contribution < -0.4 is 0 Å². The van der Waals surface area contributed by atoms with Gasteiger partial charge >= 0.3 is 5.97 Å². The average Bonchev–Trinajstić information content (AvgIpc) is 2.34. The van der Waals surface area contributed by atoms with Gasteiger partial charge in [0.15, 0.2) is 0 Å². The van der Waals surface area contributed by atoms with E-state index in [1.165, 1.54) is 18.3 Å². The molecule has 0 radical (unpaired) electrons. The third-order valence-electron chi connectivity index (χ3n) is 2.13. The third kappa shape index (κ3) is 2.63. The van der Waals surface area contributed by atoms with Crippen LogP contribution in [-0.2, 0) is 0 Å². The van der Waals surface area contributed by atoms with Gasteiger partial charge in [-0.3, -0.25) is 0 Å². The smallest absolute Gasteiger partial charge is 0.337 e. The van der Waals surface area contributed by atoms with E-state index in [0.717, 1.165) is 11.8 Å². The van der Waals surface area contributed by atoms with Crippen LogP contribution in [0.4, 0.5) is 4.39 Å². The molecule has 0 unspecified atom stereocenters. The summed E-state index contributed by atoms with van der Waals surface area (Å²) in [5.74, 6) is -1.54. The maximum atomic E-state index is 13.5. The van der Waals surface area contributed by atoms with Crippen molar-refractivity contribution in [2.24, 2.45) is 0 Å². The van der Waals surface area contributed by atoms with Gasteiger partial charge in [-0.25, -0.2) is 14.2 Å². The molecule has 0 saturated heterocycles. The number of nitrogens with zero attached hydrogens (tertiary/aromatic N) is 1. The molecule has 0 spiro atoms. The van der Waals surface area contributed by atoms with Gasteiger partial charge in [0.05, 0.1) is 10.6 Å². The molecule has 0 atom stereocenters. The summed E-state index contributed by atoms with van der Waals surface area (Å²) in [5.41, 5.74) is -0.0505. The van der Waals surface area contributed by atoms with Gasteiger partial charge in [-0.2, -0.15) is 0 Å². The summed E-state index contributed by atoms with van der Waals surface area (Å²) in [5, 5.41) is 9.19. The quantitative estimate of drug-likeness (QED) is 0.932. The van der Waals surface area contributed by atoms with Crippen molar-refractivity contribution >= 4 is 29.3 Å². The minimum atomic E-state index is -1.14. The molecule has 3 nitrogen and oxygen atoms in total. The number of carbonyl (C=O) groups is 1. The number of pyridine rings is 1. The zero-order valence-electron chi connectivity index (χ0n) is 8.93. The maximum Gasteiger partial charge on any atom is 0.337 e. The summed E-state index contributed by atoms with van der Waals surface area (Å²) < 4.78 is 13.5. The molecule has 92 valence electrons. The van der Waals surface area contributed by atoms with Crippen LogP contribution in [0.5, 0.6) is 0 Å². The predicted octanol–water partition coefficient (Wildman–Crippen LogP) is 3.72. The van der Waals surface area contributed by atoms with E-state index in [1.807, 2.05) is 0 Å². The number of aromatic carboxylic acids is 1. The van der Waals surface area contributed by atoms with Crippen molar-refractivity contribution in [3.05, 3.63) is 52.9 Å². The Hall–Kier alpha value is -1.59. The Balaban J connectivity index is 2.39. The van der Waals surface area contributed by atoms with Crippen molar-refractivity contribution in [1.82, 2.24) is 4.98 Å². The van der Waals surface area contributed by atoms with Gasteiger partial charge in [0, 0.05) is 11.1 Å². The van der Waals surface area contributed by atoms with Crippen LogP contribution in [0.15, 0.2) is 46.5 Å². The molecule has 1 aromatic carbocycles. The van der Waals surface area contributed by atoms with Crippen LogP contribution in [0, 0.1) is 5.82 Å². The molecule has 6 heteroatoms. The number of aromatic nitrogens is 1. The number of rotatable bonds is 3. The van der Waals surface area contributed by atoms with Crippen LogP contribution in [0.3, 0.4) is 0 Å². The Bertz CT molecular complexity index is 606. The minimum absolute atomic E-state index is 0.0123. The fraction of sp³-hybridized carbons (Fsp3) is 0. The largest absolute Gasteiger partial charge is 0.478 e. The lowest BCUT2D eigenvalue weighted by Crippen LogP contribution is -1.99. The third-order valence-corrected chi connectivity index (χ3v) is 3.68. The van der Waals surface area contributed by atoms with Gasteiger partial charge < -0.3 is 5.11 Å². The monoisotopic (exact) mass is 283 g/mol. The molecule has 0 saturated carbocycles. The second-order valence-electron chi connectivity index (χ2n) is 3.32. The van der Waals surface area contributed by atoms with E-state index in [0.29, 0.717) is 4.90 Å². The van der Waals surface area contributed by atoms with Crippen LogP contribution in [-0.4, -0.2) is 16.1 Å². The van der Waals surface area contributed by atoms with E-state index >= 15 is 0 Å². The SMILES string of the molecule is O=C(O)c1ccnc(Sc2ccccc2F)c1Cl. The highest BCUT2D eigenvalue weighted by molar-refractivity contribution is 7.99. The van der Waals surface area contributed by atoms with E-state index in [1.54, 1.807) is 18.2 Å². The van der Waals surface area contributed by atoms with Gasteiger partial charge in [-0.1, -0.05) is 35.5 Å². The number of hydrogen-bond acceptors (Lipinski definition) is 3. The molecule has 0 aliphatic rings. The zero-order chi connectivity index (χ0) is 13.1. The van der Waals surface area contributed by atoms with E-state index in [-0.39, 0.29) is 15.6 Å². The van der Waals surface area contributed by atoms with Gasteiger partial charge in [0.25, 0.3) is 0 Å². The summed E-state index contributed by atoms with van der Waals surface area (Å²) in [6, 6.07) is 7.45. The van der Waals surface area contributed by atoms with Crippen molar-refractivity contribution in [2.45, 2.75) is 9.92 Å². The molecule has 0 fully saturated rings. The Morgan fingerprint density at radius 3 is 2.72 bits per heavy atom. The lowest BCUT2D eigenvalue weighted by Gasteiger charge is -2.06. The normalized spacial score (nSPS) is 10.3. The molecular formula is C12H7ClFNO2S. The molecular weight excluding hydrogens is 277 g/mol. The zero-order valence-corrected chi connectivity index (χ0v) is 10.5. The molecule has 0 amide bonds. The lowest BCUT2D eigenvalue weighted by atomic mass is 10.3. The molecule has 2 rings (SSSR count). The molecule has 1 aromatic heterocycles. The number of carboxylic acid groups (broad SMARTS) is 1. The van der Waals surface area contributed by atoms with E-state index in [9.17, 15) is 9.18 Å². The summed E-state index contributed by atoms with van der Waals surface area (Å²) in [6.07, 6.45) is 1.33. The van der Waals surface area contributed by atoms with Gasteiger partial charge in [0.2, 0.25) is 0 Å². The van der Waals surface area contributed by atoms with Crippen LogP contribution in [0.2, 0.25) is 5.02 Å². The summed E-state index contributed by atoms with van der Waals surface area (Å²) in [7, 11) is 0. The fourth-order valence-corrected chi connectivity index (χ4v) is 2.43. The number of halogens is 2. The van der Waals surface area contributed by atoms with E-state index in [2.05, 4.69) is 4.98 Å². The van der Waals surface area contributed by atoms with Crippen molar-refractivity contribution in [3.8, 4) is 0 Å². The Morgan fingerprint density at radius 2 is 2.06 bits per heavy atom. The van der Waals surface area contributed by atoms with Crippen molar-refractivity contribution in [2.75, 3.05) is 0 Å². The topological polar surface area (TPSA) is 50.2 Å². The Labute approximate surface area is 112 Å². The van der Waals surface area contributed by atoms with E-state index < -0.39 is 11.8 Å². The number of carboxylic acids is 1. The Kier molecular flexibility index (Phi) is 3.84. The van der Waals surface area contributed by atoms with E-state index in [4.69, 9.17) is 16.7 Å². The molecule has 18 heavy (non-hydrogen) atoms. The first-order valence-electron chi connectivity index (χ1n) is 4.90. The van der Waals surface area contributed by atoms with Crippen LogP contribution >= 0.6 is 23.4 Å². The highest BCUT2D eigenvalue weighted by atomic mass is 35.5. The second-order valence-corrected chi connectivity index (χ2v) is 4.72. The first-order valence-corrected chi connectivity index (χ1v) is 6.09. The molecule has 0 aliphatic carbocycles. The van der Waals surface area contributed by atoms with Crippen LogP contribution in [0.1, 0.15) is 10.4 Å². The standard InChI is InChI=1S/C12H7ClFNO2S/c13-10-7(12(16)17)5-6-15-11(10)18-9-4-2-1-3-8(9)14/h1-6H,(H,16,17). The minimum Gasteiger partial charge on any atom is -0.478 e. The first-order chi connectivity index (χ1) is 8.59. The fourth-order valence-electron chi connectivity index (χ4n) is 1.29. The van der Waals surface area contributed by atoms with Gasteiger partial charge in [0.1, 0.15) is 10.8 Å². The van der Waals surface area contributed by atoms with Crippen molar-refractivity contribution < 1.29 is 14.3 Å². The Morgan fingerprint density at radius 1 is 1.33 bits per heavy atom. The number of hydrogen-bond donors (Lipinski definition) is 1. The first kappa shape index (κ1) is 12.9. The lowest BCUT2D eigenvalue weighted by molar-refractivity contribution is 0.0696. The molecule has 0 aliphatic heterocycles. The highest BCUT2D eigenvalue weighted by Crippen LogP contribution is 2.34. The van der Waals surface area contributed by atoms with Crippen LogP contribution in [0.25, 0.3) is 0 Å². The molecule has 2 aromatic rings. The average molecular weight is 284 g/mol. The summed E-state index contributed by atoms with van der Waals surface area (Å²) in [6.45, 7) is 0. The molecule has 1 N–H and O–H groups in total. The van der Waals surface area contributed by atoms with Crippen molar-refractivity contribution in [3.63, 3.8) is 0 Å². The molecule has 1 heterocycles. The number of benzene rings is 1. The summed E-state index contributed by atoms with van der Waals surface area (Å²) >= 11 is 6.91. The molecule has 0 bridgehead atoms. The highest BCUT2D eigenvalue weighted by Gasteiger charge is 2.15. The maximum absolute atomic E-state index is 13.5. The second kappa shape index (κ2) is 5.37. The van der Waals surface area contributed by atoms with Gasteiger partial charge in [-0.15, -0.1) is 0 Å². The summed E-state index contributed by atoms with van der Waals surface area (Å²) in [4.78, 5) is 15.2. The van der Waals surface area contributed by atoms with Gasteiger partial charge in [-0.05, 0) is 18.2 Å².